The van der Waals surface area contributed by atoms with Gasteiger partial charge in [-0.15, -0.1) is 11.8 Å². The number of hydrogen-bond acceptors (Lipinski definition) is 4. The average molecular weight is 264 g/mol. The molecule has 1 heterocycles. The highest BCUT2D eigenvalue weighted by molar-refractivity contribution is 7.98. The lowest BCUT2D eigenvalue weighted by Gasteiger charge is -2.16. The Balaban J connectivity index is 2.11. The van der Waals surface area contributed by atoms with Crippen LogP contribution in [0.15, 0.2) is 46.0 Å². The van der Waals surface area contributed by atoms with Crippen molar-refractivity contribution in [3.05, 3.63) is 52.2 Å². The van der Waals surface area contributed by atoms with Crippen molar-refractivity contribution in [3.63, 3.8) is 0 Å². The highest BCUT2D eigenvalue weighted by Crippen LogP contribution is 2.22. The zero-order valence-electron chi connectivity index (χ0n) is 9.72. The lowest BCUT2D eigenvalue weighted by Crippen LogP contribution is -2.29. The van der Waals surface area contributed by atoms with Crippen LogP contribution >= 0.6 is 23.1 Å². The topological polar surface area (TPSA) is 38.0 Å². The fourth-order valence-corrected chi connectivity index (χ4v) is 2.84. The molecule has 0 radical (unpaired) electrons. The molecule has 90 valence electrons. The van der Waals surface area contributed by atoms with E-state index in [4.69, 9.17) is 5.84 Å². The molecule has 3 N–H and O–H groups in total. The Bertz CT molecular complexity index is 437. The van der Waals surface area contributed by atoms with Gasteiger partial charge in [-0.05, 0) is 52.8 Å². The number of hydrogen-bond donors (Lipinski definition) is 2. The van der Waals surface area contributed by atoms with Crippen LogP contribution in [0.1, 0.15) is 17.2 Å². The molecule has 1 atom stereocenters. The molecule has 0 amide bonds. The first-order chi connectivity index (χ1) is 8.33. The maximum Gasteiger partial charge on any atom is 0.0500 e. The van der Waals surface area contributed by atoms with Gasteiger partial charge in [0.05, 0.1) is 6.04 Å². The second-order valence-electron chi connectivity index (χ2n) is 3.83. The molecule has 4 heteroatoms. The van der Waals surface area contributed by atoms with Crippen LogP contribution in [0.25, 0.3) is 0 Å². The van der Waals surface area contributed by atoms with E-state index in [1.807, 2.05) is 0 Å². The van der Waals surface area contributed by atoms with Crippen LogP contribution in [0.2, 0.25) is 0 Å². The molecule has 17 heavy (non-hydrogen) atoms. The van der Waals surface area contributed by atoms with E-state index in [0.717, 1.165) is 6.42 Å². The first kappa shape index (κ1) is 12.6. The summed E-state index contributed by atoms with van der Waals surface area (Å²) in [4.78, 5) is 1.28. The molecular formula is C13H16N2S2. The van der Waals surface area contributed by atoms with Crippen molar-refractivity contribution in [1.82, 2.24) is 5.43 Å². The summed E-state index contributed by atoms with van der Waals surface area (Å²) in [6, 6.07) is 10.9. The summed E-state index contributed by atoms with van der Waals surface area (Å²) in [5, 5.41) is 4.26. The number of thioether (sulfide) groups is 1. The normalized spacial score (nSPS) is 12.6. The summed E-state index contributed by atoms with van der Waals surface area (Å²) in [5.74, 6) is 5.64. The molecule has 2 aromatic rings. The van der Waals surface area contributed by atoms with E-state index in [9.17, 15) is 0 Å². The first-order valence-corrected chi connectivity index (χ1v) is 7.61. The van der Waals surface area contributed by atoms with Gasteiger partial charge in [0.15, 0.2) is 0 Å². The minimum atomic E-state index is 0.181. The molecule has 0 aliphatic carbocycles. The van der Waals surface area contributed by atoms with Crippen molar-refractivity contribution in [2.45, 2.75) is 17.4 Å². The number of rotatable bonds is 5. The smallest absolute Gasteiger partial charge is 0.0500 e. The second kappa shape index (κ2) is 6.21. The molecule has 0 bridgehead atoms. The summed E-state index contributed by atoms with van der Waals surface area (Å²) in [6.45, 7) is 0. The third kappa shape index (κ3) is 3.33. The van der Waals surface area contributed by atoms with Crippen LogP contribution in [0.3, 0.4) is 0 Å². The fraction of sp³-hybridized carbons (Fsp3) is 0.231. The van der Waals surface area contributed by atoms with Gasteiger partial charge in [-0.25, -0.2) is 0 Å². The molecule has 0 aliphatic rings. The van der Waals surface area contributed by atoms with Crippen LogP contribution in [0.4, 0.5) is 0 Å². The fourth-order valence-electron chi connectivity index (χ4n) is 1.75. The van der Waals surface area contributed by atoms with Gasteiger partial charge in [0.2, 0.25) is 0 Å². The molecule has 2 rings (SSSR count). The van der Waals surface area contributed by atoms with Crippen LogP contribution in [-0.4, -0.2) is 6.26 Å². The van der Waals surface area contributed by atoms with Gasteiger partial charge < -0.3 is 0 Å². The SMILES string of the molecule is CSc1ccc(C(Cc2ccsc2)NN)cc1. The van der Waals surface area contributed by atoms with Crippen molar-refractivity contribution in [2.75, 3.05) is 6.26 Å². The Hall–Kier alpha value is -0.810. The van der Waals surface area contributed by atoms with Crippen LogP contribution in [0.5, 0.6) is 0 Å². The first-order valence-electron chi connectivity index (χ1n) is 5.44. The maximum absolute atomic E-state index is 5.64. The third-order valence-electron chi connectivity index (χ3n) is 2.74. The van der Waals surface area contributed by atoms with E-state index in [-0.39, 0.29) is 6.04 Å². The average Bonchev–Trinajstić information content (AvgIpc) is 2.89. The predicted octanol–water partition coefficient (Wildman–Crippen LogP) is 3.22. The van der Waals surface area contributed by atoms with Gasteiger partial charge in [0, 0.05) is 4.90 Å². The zero-order valence-corrected chi connectivity index (χ0v) is 11.4. The van der Waals surface area contributed by atoms with Crippen LogP contribution in [-0.2, 0) is 6.42 Å². The molecule has 1 aromatic carbocycles. The summed E-state index contributed by atoms with van der Waals surface area (Å²) in [6.07, 6.45) is 3.01. The standard InChI is InChI=1S/C13H16N2S2/c1-16-12-4-2-11(3-5-12)13(15-14)8-10-6-7-17-9-10/h2-7,9,13,15H,8,14H2,1H3. The number of benzene rings is 1. The van der Waals surface area contributed by atoms with E-state index in [0.29, 0.717) is 0 Å². The minimum absolute atomic E-state index is 0.181. The van der Waals surface area contributed by atoms with Gasteiger partial charge in [-0.2, -0.15) is 11.3 Å². The molecule has 0 fully saturated rings. The van der Waals surface area contributed by atoms with Gasteiger partial charge in [-0.1, -0.05) is 12.1 Å². The van der Waals surface area contributed by atoms with Crippen molar-refractivity contribution in [2.24, 2.45) is 5.84 Å². The van der Waals surface area contributed by atoms with E-state index < -0.39 is 0 Å². The Morgan fingerprint density at radius 3 is 2.59 bits per heavy atom. The van der Waals surface area contributed by atoms with Crippen molar-refractivity contribution >= 4 is 23.1 Å². The van der Waals surface area contributed by atoms with E-state index in [1.54, 1.807) is 23.1 Å². The zero-order chi connectivity index (χ0) is 12.1. The van der Waals surface area contributed by atoms with Gasteiger partial charge >= 0.3 is 0 Å². The summed E-state index contributed by atoms with van der Waals surface area (Å²) >= 11 is 3.47. The van der Waals surface area contributed by atoms with Gasteiger partial charge in [0.25, 0.3) is 0 Å². The molecular weight excluding hydrogens is 248 g/mol. The maximum atomic E-state index is 5.64. The van der Waals surface area contributed by atoms with Crippen molar-refractivity contribution in [3.8, 4) is 0 Å². The Morgan fingerprint density at radius 1 is 1.29 bits per heavy atom. The number of thiophene rings is 1. The number of nitrogens with two attached hydrogens (primary N) is 1. The molecule has 1 aromatic heterocycles. The summed E-state index contributed by atoms with van der Waals surface area (Å²) in [7, 11) is 0. The third-order valence-corrected chi connectivity index (χ3v) is 4.21. The van der Waals surface area contributed by atoms with Crippen LogP contribution < -0.4 is 11.3 Å². The largest absolute Gasteiger partial charge is 0.271 e. The summed E-state index contributed by atoms with van der Waals surface area (Å²) < 4.78 is 0. The van der Waals surface area contributed by atoms with Crippen molar-refractivity contribution in [1.29, 1.82) is 0 Å². The van der Waals surface area contributed by atoms with Crippen LogP contribution in [0, 0.1) is 0 Å². The van der Waals surface area contributed by atoms with Gasteiger partial charge in [-0.3, -0.25) is 11.3 Å². The number of nitrogens with one attached hydrogen (secondary N) is 1. The molecule has 0 saturated carbocycles. The second-order valence-corrected chi connectivity index (χ2v) is 5.49. The highest BCUT2D eigenvalue weighted by Gasteiger charge is 2.10. The Kier molecular flexibility index (Phi) is 4.62. The minimum Gasteiger partial charge on any atom is -0.271 e. The summed E-state index contributed by atoms with van der Waals surface area (Å²) in [5.41, 5.74) is 5.45. The Labute approximate surface area is 110 Å². The molecule has 1 unspecified atom stereocenters. The quantitative estimate of drug-likeness (QED) is 0.495. The lowest BCUT2D eigenvalue weighted by atomic mass is 10.0. The Morgan fingerprint density at radius 2 is 2.06 bits per heavy atom. The molecule has 0 saturated heterocycles. The van der Waals surface area contributed by atoms with Crippen molar-refractivity contribution < 1.29 is 0 Å². The highest BCUT2D eigenvalue weighted by atomic mass is 32.2. The number of hydrazine groups is 1. The molecule has 0 spiro atoms. The van der Waals surface area contributed by atoms with E-state index in [1.165, 1.54) is 16.0 Å². The predicted molar refractivity (Wildman–Crippen MR) is 76.3 cm³/mol. The van der Waals surface area contributed by atoms with Gasteiger partial charge in [0.1, 0.15) is 0 Å². The molecule has 0 aliphatic heterocycles. The van der Waals surface area contributed by atoms with E-state index in [2.05, 4.69) is 52.8 Å². The monoisotopic (exact) mass is 264 g/mol. The lowest BCUT2D eigenvalue weighted by molar-refractivity contribution is 0.552. The van der Waals surface area contributed by atoms with E-state index >= 15 is 0 Å². The molecule has 2 nitrogen and oxygen atoms in total.